The molecule has 5 heteroatoms. The van der Waals surface area contributed by atoms with Gasteiger partial charge in [0.1, 0.15) is 0 Å². The van der Waals surface area contributed by atoms with E-state index in [1.165, 1.54) is 0 Å². The van der Waals surface area contributed by atoms with Crippen LogP contribution in [0.4, 0.5) is 4.79 Å². The molecule has 0 aromatic heterocycles. The Bertz CT molecular complexity index is 411. The van der Waals surface area contributed by atoms with Gasteiger partial charge in [0.15, 0.2) is 0 Å². The highest BCUT2D eigenvalue weighted by atomic mass is 16.2. The van der Waals surface area contributed by atoms with Crippen LogP contribution in [0.25, 0.3) is 0 Å². The summed E-state index contributed by atoms with van der Waals surface area (Å²) in [6.45, 7) is 2.09. The number of benzene rings is 1. The molecule has 1 heterocycles. The van der Waals surface area contributed by atoms with Gasteiger partial charge in [0, 0.05) is 31.7 Å². The minimum absolute atomic E-state index is 0.00900. The molecular weight excluding hydrogens is 218 g/mol. The lowest BCUT2D eigenvalue weighted by Gasteiger charge is -2.33. The predicted molar refractivity (Wildman–Crippen MR) is 63.5 cm³/mol. The number of hydrogen-bond donors (Lipinski definition) is 1. The van der Waals surface area contributed by atoms with Crippen molar-refractivity contribution >= 4 is 11.9 Å². The molecule has 1 saturated heterocycles. The zero-order valence-electron chi connectivity index (χ0n) is 9.50. The van der Waals surface area contributed by atoms with Gasteiger partial charge in [-0.25, -0.2) is 4.79 Å². The van der Waals surface area contributed by atoms with Gasteiger partial charge in [-0.2, -0.15) is 0 Å². The van der Waals surface area contributed by atoms with E-state index in [9.17, 15) is 9.59 Å². The smallest absolute Gasteiger partial charge is 0.314 e. The van der Waals surface area contributed by atoms with Crippen molar-refractivity contribution in [1.29, 1.82) is 0 Å². The zero-order valence-corrected chi connectivity index (χ0v) is 9.50. The van der Waals surface area contributed by atoms with Crippen LogP contribution in [0.1, 0.15) is 10.4 Å². The molecule has 1 aliphatic rings. The molecule has 0 saturated carbocycles. The van der Waals surface area contributed by atoms with E-state index in [4.69, 9.17) is 5.73 Å². The molecule has 1 aromatic rings. The lowest BCUT2D eigenvalue weighted by Crippen LogP contribution is -2.52. The number of urea groups is 1. The highest BCUT2D eigenvalue weighted by molar-refractivity contribution is 5.94. The van der Waals surface area contributed by atoms with Gasteiger partial charge in [-0.05, 0) is 12.1 Å². The monoisotopic (exact) mass is 233 g/mol. The molecular formula is C12H15N3O2. The van der Waals surface area contributed by atoms with Gasteiger partial charge in [0.2, 0.25) is 0 Å². The average molecular weight is 233 g/mol. The normalized spacial score (nSPS) is 15.8. The molecule has 3 amide bonds. The number of rotatable bonds is 1. The first-order chi connectivity index (χ1) is 8.18. The summed E-state index contributed by atoms with van der Waals surface area (Å²) >= 11 is 0. The molecule has 17 heavy (non-hydrogen) atoms. The first-order valence-electron chi connectivity index (χ1n) is 5.57. The highest BCUT2D eigenvalue weighted by Crippen LogP contribution is 2.08. The minimum Gasteiger partial charge on any atom is -0.351 e. The molecule has 1 aliphatic heterocycles. The van der Waals surface area contributed by atoms with Crippen LogP contribution >= 0.6 is 0 Å². The van der Waals surface area contributed by atoms with E-state index in [-0.39, 0.29) is 5.91 Å². The molecule has 0 unspecified atom stereocenters. The second kappa shape index (κ2) is 4.86. The predicted octanol–water partition coefficient (Wildman–Crippen LogP) is 0.523. The van der Waals surface area contributed by atoms with Crippen molar-refractivity contribution in [3.63, 3.8) is 0 Å². The fourth-order valence-electron chi connectivity index (χ4n) is 1.89. The summed E-state index contributed by atoms with van der Waals surface area (Å²) < 4.78 is 0. The number of nitrogens with two attached hydrogens (primary N) is 1. The van der Waals surface area contributed by atoms with Crippen LogP contribution in [-0.2, 0) is 0 Å². The molecule has 0 spiro atoms. The third kappa shape index (κ3) is 2.55. The highest BCUT2D eigenvalue weighted by Gasteiger charge is 2.23. The number of carbonyl (C=O) groups is 2. The van der Waals surface area contributed by atoms with E-state index in [1.807, 2.05) is 18.2 Å². The van der Waals surface area contributed by atoms with Gasteiger partial charge in [-0.15, -0.1) is 0 Å². The molecule has 90 valence electrons. The number of nitrogens with zero attached hydrogens (tertiary/aromatic N) is 2. The van der Waals surface area contributed by atoms with Crippen LogP contribution in [0.2, 0.25) is 0 Å². The Morgan fingerprint density at radius 3 is 2.00 bits per heavy atom. The Kier molecular flexibility index (Phi) is 3.27. The third-order valence-corrected chi connectivity index (χ3v) is 2.90. The van der Waals surface area contributed by atoms with Crippen molar-refractivity contribution in [3.05, 3.63) is 35.9 Å². The van der Waals surface area contributed by atoms with Crippen molar-refractivity contribution in [2.75, 3.05) is 26.2 Å². The summed E-state index contributed by atoms with van der Waals surface area (Å²) in [6.07, 6.45) is 0. The van der Waals surface area contributed by atoms with Crippen molar-refractivity contribution in [1.82, 2.24) is 9.80 Å². The van der Waals surface area contributed by atoms with Crippen LogP contribution in [0.3, 0.4) is 0 Å². The van der Waals surface area contributed by atoms with E-state index in [0.717, 1.165) is 0 Å². The van der Waals surface area contributed by atoms with Gasteiger partial charge in [0.25, 0.3) is 5.91 Å². The van der Waals surface area contributed by atoms with Crippen LogP contribution < -0.4 is 5.73 Å². The van der Waals surface area contributed by atoms with Crippen molar-refractivity contribution in [2.45, 2.75) is 0 Å². The number of primary amides is 1. The van der Waals surface area contributed by atoms with E-state index < -0.39 is 6.03 Å². The van der Waals surface area contributed by atoms with E-state index in [0.29, 0.717) is 31.7 Å². The fraction of sp³-hybridized carbons (Fsp3) is 0.333. The molecule has 5 nitrogen and oxygen atoms in total. The van der Waals surface area contributed by atoms with Crippen molar-refractivity contribution in [2.24, 2.45) is 5.73 Å². The largest absolute Gasteiger partial charge is 0.351 e. The van der Waals surface area contributed by atoms with Crippen molar-refractivity contribution in [3.8, 4) is 0 Å². The van der Waals surface area contributed by atoms with Crippen LogP contribution in [0.15, 0.2) is 30.3 Å². The minimum atomic E-state index is -0.420. The summed E-state index contributed by atoms with van der Waals surface area (Å²) in [5.41, 5.74) is 5.86. The van der Waals surface area contributed by atoms with Gasteiger partial charge >= 0.3 is 6.03 Å². The maximum atomic E-state index is 12.1. The van der Waals surface area contributed by atoms with Crippen LogP contribution in [0.5, 0.6) is 0 Å². The molecule has 0 atom stereocenters. The summed E-state index contributed by atoms with van der Waals surface area (Å²) in [4.78, 5) is 26.3. The van der Waals surface area contributed by atoms with Gasteiger partial charge in [-0.1, -0.05) is 18.2 Å². The Labute approximate surface area is 99.8 Å². The fourth-order valence-corrected chi connectivity index (χ4v) is 1.89. The topological polar surface area (TPSA) is 66.6 Å². The molecule has 1 fully saturated rings. The third-order valence-electron chi connectivity index (χ3n) is 2.90. The first-order valence-corrected chi connectivity index (χ1v) is 5.57. The summed E-state index contributed by atoms with van der Waals surface area (Å²) in [7, 11) is 0. The van der Waals surface area contributed by atoms with E-state index >= 15 is 0 Å². The summed E-state index contributed by atoms with van der Waals surface area (Å²) in [5.74, 6) is 0.00900. The summed E-state index contributed by atoms with van der Waals surface area (Å²) in [6, 6.07) is 8.73. The van der Waals surface area contributed by atoms with Crippen molar-refractivity contribution < 1.29 is 9.59 Å². The average Bonchev–Trinajstić information content (AvgIpc) is 2.39. The standard InChI is InChI=1S/C12H15N3O2/c13-12(17)15-8-6-14(7-9-15)11(16)10-4-2-1-3-5-10/h1-5H,6-9H2,(H2,13,17). The lowest BCUT2D eigenvalue weighted by atomic mass is 10.2. The number of carbonyl (C=O) groups excluding carboxylic acids is 2. The quantitative estimate of drug-likeness (QED) is 0.768. The number of piperazine rings is 1. The second-order valence-corrected chi connectivity index (χ2v) is 3.98. The number of amides is 3. The first kappa shape index (κ1) is 11.4. The Balaban J connectivity index is 1.98. The lowest BCUT2D eigenvalue weighted by molar-refractivity contribution is 0.0669. The van der Waals surface area contributed by atoms with Gasteiger partial charge < -0.3 is 15.5 Å². The molecule has 2 rings (SSSR count). The van der Waals surface area contributed by atoms with Gasteiger partial charge in [0.05, 0.1) is 0 Å². The molecule has 2 N–H and O–H groups in total. The van der Waals surface area contributed by atoms with Gasteiger partial charge in [-0.3, -0.25) is 4.79 Å². The van der Waals surface area contributed by atoms with Crippen LogP contribution in [-0.4, -0.2) is 47.9 Å². The zero-order chi connectivity index (χ0) is 12.3. The SMILES string of the molecule is NC(=O)N1CCN(C(=O)c2ccccc2)CC1. The maximum Gasteiger partial charge on any atom is 0.314 e. The molecule has 0 aliphatic carbocycles. The van der Waals surface area contributed by atoms with Crippen LogP contribution in [0, 0.1) is 0 Å². The maximum absolute atomic E-state index is 12.1. The Morgan fingerprint density at radius 2 is 1.47 bits per heavy atom. The van der Waals surface area contributed by atoms with E-state index in [2.05, 4.69) is 0 Å². The molecule has 1 aromatic carbocycles. The number of hydrogen-bond acceptors (Lipinski definition) is 2. The van der Waals surface area contributed by atoms with E-state index in [1.54, 1.807) is 21.9 Å². The second-order valence-electron chi connectivity index (χ2n) is 3.98. The molecule has 0 radical (unpaired) electrons. The Morgan fingerprint density at radius 1 is 0.941 bits per heavy atom. The molecule has 0 bridgehead atoms. The Hall–Kier alpha value is -2.04. The summed E-state index contributed by atoms with van der Waals surface area (Å²) in [5, 5.41) is 0.